The van der Waals surface area contributed by atoms with Gasteiger partial charge < -0.3 is 4.74 Å². The topological polar surface area (TPSA) is 43.4 Å². The van der Waals surface area contributed by atoms with Crippen molar-refractivity contribution >= 4 is 23.2 Å². The van der Waals surface area contributed by atoms with Crippen molar-refractivity contribution in [2.24, 2.45) is 5.92 Å². The monoisotopic (exact) mass is 264 g/mol. The molecule has 0 amide bonds. The van der Waals surface area contributed by atoms with Gasteiger partial charge in [0, 0.05) is 23.1 Å². The first kappa shape index (κ1) is 12.8. The zero-order valence-corrected chi connectivity index (χ0v) is 10.7. The van der Waals surface area contributed by atoms with Gasteiger partial charge in [0.2, 0.25) is 0 Å². The molecule has 0 spiro atoms. The van der Waals surface area contributed by atoms with Crippen LogP contribution < -0.4 is 0 Å². The van der Waals surface area contributed by atoms with Crippen LogP contribution in [0.2, 0.25) is 5.02 Å². The lowest BCUT2D eigenvalue weighted by molar-refractivity contribution is -0.116. The van der Waals surface area contributed by atoms with Crippen molar-refractivity contribution in [2.75, 3.05) is 6.61 Å². The minimum Gasteiger partial charge on any atom is -0.498 e. The quantitative estimate of drug-likeness (QED) is 0.620. The first-order chi connectivity index (χ1) is 8.61. The summed E-state index contributed by atoms with van der Waals surface area (Å²) in [5, 5.41) is 0.490. The Balaban J connectivity index is 2.15. The number of ether oxygens (including phenoxy) is 1. The number of carbonyl (C=O) groups is 2. The first-order valence-corrected chi connectivity index (χ1v) is 6.16. The highest BCUT2D eigenvalue weighted by Crippen LogP contribution is 2.26. The molecule has 1 atom stereocenters. The number of halogens is 1. The number of carbonyl (C=O) groups excluding carboxylic acids is 2. The molecule has 18 heavy (non-hydrogen) atoms. The first-order valence-electron chi connectivity index (χ1n) is 5.79. The fraction of sp³-hybridized carbons (Fsp3) is 0.286. The predicted molar refractivity (Wildman–Crippen MR) is 68.6 cm³/mol. The fourth-order valence-electron chi connectivity index (χ4n) is 1.97. The van der Waals surface area contributed by atoms with Gasteiger partial charge in [-0.1, -0.05) is 23.7 Å². The molecule has 94 valence electrons. The van der Waals surface area contributed by atoms with Crippen molar-refractivity contribution in [2.45, 2.75) is 13.3 Å². The van der Waals surface area contributed by atoms with Crippen molar-refractivity contribution in [3.8, 4) is 0 Å². The summed E-state index contributed by atoms with van der Waals surface area (Å²) in [6.45, 7) is 2.34. The van der Waals surface area contributed by atoms with E-state index in [0.717, 1.165) is 0 Å². The minimum atomic E-state index is -0.662. The maximum Gasteiger partial charge on any atom is 0.174 e. The van der Waals surface area contributed by atoms with E-state index in [1.54, 1.807) is 24.3 Å². The third kappa shape index (κ3) is 2.62. The molecular formula is C14H13ClO3. The number of benzene rings is 1. The summed E-state index contributed by atoms with van der Waals surface area (Å²) >= 11 is 5.84. The van der Waals surface area contributed by atoms with Crippen LogP contribution in [0.25, 0.3) is 0 Å². The fourth-order valence-corrected chi connectivity index (χ4v) is 2.16. The Kier molecular flexibility index (Phi) is 3.82. The number of hydrogen-bond donors (Lipinski definition) is 0. The van der Waals surface area contributed by atoms with Gasteiger partial charge in [-0.3, -0.25) is 9.59 Å². The third-order valence-electron chi connectivity index (χ3n) is 2.81. The normalized spacial score (nSPS) is 18.7. The Morgan fingerprint density at radius 3 is 2.94 bits per heavy atom. The van der Waals surface area contributed by atoms with Gasteiger partial charge in [-0.2, -0.15) is 0 Å². The standard InChI is InChI=1S/C14H13ClO3/c1-2-18-11-7-12(13(16)8-11)14(17)9-4-3-5-10(15)6-9/h3-6,8,12H,2,7H2,1H3. The molecule has 1 aromatic rings. The zero-order chi connectivity index (χ0) is 13.1. The molecule has 0 bridgehead atoms. The van der Waals surface area contributed by atoms with Crippen molar-refractivity contribution in [1.82, 2.24) is 0 Å². The molecule has 0 saturated heterocycles. The predicted octanol–water partition coefficient (Wildman–Crippen LogP) is 3.03. The summed E-state index contributed by atoms with van der Waals surface area (Å²) in [5.74, 6) is -0.468. The molecule has 4 heteroatoms. The summed E-state index contributed by atoms with van der Waals surface area (Å²) < 4.78 is 5.28. The number of Topliss-reactive ketones (excluding diaryl/α,β-unsaturated/α-hetero) is 1. The van der Waals surface area contributed by atoms with Crippen LogP contribution in [0.4, 0.5) is 0 Å². The van der Waals surface area contributed by atoms with E-state index < -0.39 is 5.92 Å². The Labute approximate surface area is 110 Å². The molecule has 1 aliphatic carbocycles. The molecule has 0 saturated carbocycles. The van der Waals surface area contributed by atoms with Gasteiger partial charge in [0.1, 0.15) is 5.76 Å². The van der Waals surface area contributed by atoms with E-state index in [-0.39, 0.29) is 11.6 Å². The average molecular weight is 265 g/mol. The molecule has 1 aromatic carbocycles. The molecule has 0 N–H and O–H groups in total. The molecular weight excluding hydrogens is 252 g/mol. The van der Waals surface area contributed by atoms with Crippen LogP contribution in [-0.4, -0.2) is 18.2 Å². The van der Waals surface area contributed by atoms with Gasteiger partial charge in [-0.15, -0.1) is 0 Å². The molecule has 0 fully saturated rings. The summed E-state index contributed by atoms with van der Waals surface area (Å²) in [7, 11) is 0. The van der Waals surface area contributed by atoms with Crippen LogP contribution in [-0.2, 0) is 9.53 Å². The van der Waals surface area contributed by atoms with E-state index in [1.807, 2.05) is 6.92 Å². The molecule has 0 radical (unpaired) electrons. The van der Waals surface area contributed by atoms with Gasteiger partial charge in [0.25, 0.3) is 0 Å². The summed E-state index contributed by atoms with van der Waals surface area (Å²) in [5.41, 5.74) is 0.465. The molecule has 1 unspecified atom stereocenters. The highest BCUT2D eigenvalue weighted by Gasteiger charge is 2.33. The molecule has 3 nitrogen and oxygen atoms in total. The summed E-state index contributed by atoms with van der Waals surface area (Å²) in [4.78, 5) is 23.9. The van der Waals surface area contributed by atoms with Crippen molar-refractivity contribution in [3.05, 3.63) is 46.7 Å². The van der Waals surface area contributed by atoms with E-state index in [2.05, 4.69) is 0 Å². The van der Waals surface area contributed by atoms with Crippen molar-refractivity contribution in [1.29, 1.82) is 0 Å². The molecule has 2 rings (SSSR count). The second kappa shape index (κ2) is 5.36. The van der Waals surface area contributed by atoms with E-state index in [1.165, 1.54) is 6.08 Å². The van der Waals surface area contributed by atoms with Crippen LogP contribution in [0.1, 0.15) is 23.7 Å². The number of hydrogen-bond acceptors (Lipinski definition) is 3. The largest absolute Gasteiger partial charge is 0.498 e. The Morgan fingerprint density at radius 2 is 2.28 bits per heavy atom. The Hall–Kier alpha value is -1.61. The van der Waals surface area contributed by atoms with Crippen LogP contribution in [0.15, 0.2) is 36.1 Å². The average Bonchev–Trinajstić information content (AvgIpc) is 2.70. The van der Waals surface area contributed by atoms with Gasteiger partial charge in [0.15, 0.2) is 11.6 Å². The molecule has 0 aliphatic heterocycles. The number of rotatable bonds is 4. The number of ketones is 2. The summed E-state index contributed by atoms with van der Waals surface area (Å²) in [6.07, 6.45) is 1.76. The van der Waals surface area contributed by atoms with Gasteiger partial charge in [-0.25, -0.2) is 0 Å². The Morgan fingerprint density at radius 1 is 1.50 bits per heavy atom. The second-order valence-electron chi connectivity index (χ2n) is 4.08. The van der Waals surface area contributed by atoms with E-state index in [9.17, 15) is 9.59 Å². The van der Waals surface area contributed by atoms with Crippen LogP contribution in [0.5, 0.6) is 0 Å². The highest BCUT2D eigenvalue weighted by molar-refractivity contribution is 6.31. The van der Waals surface area contributed by atoms with E-state index in [4.69, 9.17) is 16.3 Å². The van der Waals surface area contributed by atoms with Crippen molar-refractivity contribution < 1.29 is 14.3 Å². The minimum absolute atomic E-state index is 0.191. The van der Waals surface area contributed by atoms with E-state index in [0.29, 0.717) is 29.4 Å². The lowest BCUT2D eigenvalue weighted by Gasteiger charge is -2.08. The Bertz CT molecular complexity index is 520. The van der Waals surface area contributed by atoms with Gasteiger partial charge in [-0.05, 0) is 19.1 Å². The molecule has 1 aliphatic rings. The lowest BCUT2D eigenvalue weighted by atomic mass is 9.95. The van der Waals surface area contributed by atoms with E-state index >= 15 is 0 Å². The second-order valence-corrected chi connectivity index (χ2v) is 4.51. The van der Waals surface area contributed by atoms with Gasteiger partial charge in [0.05, 0.1) is 12.5 Å². The van der Waals surface area contributed by atoms with Crippen LogP contribution in [0.3, 0.4) is 0 Å². The SMILES string of the molecule is CCOC1=CC(=O)C(C(=O)c2cccc(Cl)c2)C1. The van der Waals surface area contributed by atoms with Gasteiger partial charge >= 0.3 is 0 Å². The highest BCUT2D eigenvalue weighted by atomic mass is 35.5. The lowest BCUT2D eigenvalue weighted by Crippen LogP contribution is -2.19. The van der Waals surface area contributed by atoms with Crippen molar-refractivity contribution in [3.63, 3.8) is 0 Å². The molecule has 0 aromatic heterocycles. The third-order valence-corrected chi connectivity index (χ3v) is 3.04. The zero-order valence-electron chi connectivity index (χ0n) is 9.98. The number of allylic oxidation sites excluding steroid dienone is 2. The maximum atomic E-state index is 12.2. The van der Waals surface area contributed by atoms with Crippen LogP contribution >= 0.6 is 11.6 Å². The maximum absolute atomic E-state index is 12.2. The molecule has 0 heterocycles. The van der Waals surface area contributed by atoms with Crippen LogP contribution in [0, 0.1) is 5.92 Å². The smallest absolute Gasteiger partial charge is 0.174 e. The summed E-state index contributed by atoms with van der Waals surface area (Å²) in [6, 6.07) is 6.64.